The fourth-order valence-electron chi connectivity index (χ4n) is 2.22. The Hall–Kier alpha value is -2.31. The maximum absolute atomic E-state index is 14.3. The summed E-state index contributed by atoms with van der Waals surface area (Å²) in [6.07, 6.45) is 1.52. The lowest BCUT2D eigenvalue weighted by molar-refractivity contribution is -0.103. The molecule has 0 amide bonds. The molecule has 0 aliphatic heterocycles. The monoisotopic (exact) mass is 334 g/mol. The van der Waals surface area contributed by atoms with Crippen LogP contribution in [0, 0.1) is 5.82 Å². The number of allylic oxidation sites excluding steroid dienone is 1. The molecule has 120 valence electrons. The van der Waals surface area contributed by atoms with Crippen LogP contribution in [0.25, 0.3) is 11.1 Å². The summed E-state index contributed by atoms with van der Waals surface area (Å²) >= 11 is 0. The summed E-state index contributed by atoms with van der Waals surface area (Å²) in [6.45, 7) is -0.557. The predicted octanol–water partition coefficient (Wildman–Crippen LogP) is 2.33. The summed E-state index contributed by atoms with van der Waals surface area (Å²) in [6, 6.07) is 11.9. The Balaban J connectivity index is 2.65. The van der Waals surface area contributed by atoms with Crippen molar-refractivity contribution >= 4 is 27.3 Å². The minimum Gasteiger partial charge on any atom is -0.392 e. The highest BCUT2D eigenvalue weighted by Crippen LogP contribution is 2.28. The SMILES string of the molecule is CS(=O)(=O)c1ccc(/C(CO)=C(/C=O)c2ccccc2)c(F)c1. The van der Waals surface area contributed by atoms with Gasteiger partial charge in [-0.25, -0.2) is 12.8 Å². The molecule has 4 nitrogen and oxygen atoms in total. The minimum absolute atomic E-state index is 0.00847. The van der Waals surface area contributed by atoms with Gasteiger partial charge in [-0.3, -0.25) is 4.79 Å². The highest BCUT2D eigenvalue weighted by Gasteiger charge is 2.17. The van der Waals surface area contributed by atoms with Gasteiger partial charge < -0.3 is 5.11 Å². The molecule has 0 fully saturated rings. The van der Waals surface area contributed by atoms with Gasteiger partial charge in [-0.2, -0.15) is 0 Å². The van der Waals surface area contributed by atoms with Crippen LogP contribution in [0.4, 0.5) is 4.39 Å². The number of rotatable bonds is 5. The number of sulfone groups is 1. The Bertz CT molecular complexity index is 855. The van der Waals surface area contributed by atoms with Gasteiger partial charge in [0.25, 0.3) is 0 Å². The Kier molecular flexibility index (Phi) is 5.08. The van der Waals surface area contributed by atoms with E-state index in [0.29, 0.717) is 11.8 Å². The molecule has 6 heteroatoms. The number of halogens is 1. The van der Waals surface area contributed by atoms with E-state index >= 15 is 0 Å². The fraction of sp³-hybridized carbons (Fsp3) is 0.118. The quantitative estimate of drug-likeness (QED) is 0.517. The van der Waals surface area contributed by atoms with Gasteiger partial charge in [0.15, 0.2) is 16.1 Å². The van der Waals surface area contributed by atoms with Gasteiger partial charge in [0, 0.05) is 17.4 Å². The van der Waals surface area contributed by atoms with Crippen molar-refractivity contribution in [3.05, 3.63) is 65.5 Å². The highest BCUT2D eigenvalue weighted by molar-refractivity contribution is 7.90. The number of carbonyl (C=O) groups excluding carboxylic acids is 1. The number of benzene rings is 2. The molecule has 0 bridgehead atoms. The van der Waals surface area contributed by atoms with Crippen molar-refractivity contribution in [1.29, 1.82) is 0 Å². The maximum atomic E-state index is 14.3. The van der Waals surface area contributed by atoms with Crippen LogP contribution in [-0.4, -0.2) is 32.7 Å². The molecule has 2 aromatic carbocycles. The van der Waals surface area contributed by atoms with Crippen LogP contribution in [0.1, 0.15) is 11.1 Å². The first-order valence-corrected chi connectivity index (χ1v) is 8.62. The average Bonchev–Trinajstić information content (AvgIpc) is 2.53. The third kappa shape index (κ3) is 3.72. The molecule has 0 spiro atoms. The van der Waals surface area contributed by atoms with Gasteiger partial charge in [-0.15, -0.1) is 0 Å². The van der Waals surface area contributed by atoms with E-state index in [-0.39, 0.29) is 21.6 Å². The second kappa shape index (κ2) is 6.85. The summed E-state index contributed by atoms with van der Waals surface area (Å²) in [7, 11) is -3.54. The standard InChI is InChI=1S/C17H15FO4S/c1-23(21,22)13-7-8-14(17(18)9-13)16(11-20)15(10-19)12-5-3-2-4-6-12/h2-10,20H,11H2,1H3/b16-15-. The molecule has 1 N–H and O–H groups in total. The number of aliphatic hydroxyl groups is 1. The molecule has 0 aliphatic carbocycles. The van der Waals surface area contributed by atoms with Gasteiger partial charge in [0.05, 0.1) is 11.5 Å². The lowest BCUT2D eigenvalue weighted by Crippen LogP contribution is -2.03. The normalized spacial score (nSPS) is 12.7. The van der Waals surface area contributed by atoms with E-state index in [4.69, 9.17) is 0 Å². The fourth-order valence-corrected chi connectivity index (χ4v) is 2.85. The second-order valence-corrected chi connectivity index (χ2v) is 6.96. The van der Waals surface area contributed by atoms with Gasteiger partial charge in [-0.1, -0.05) is 36.4 Å². The van der Waals surface area contributed by atoms with Crippen molar-refractivity contribution < 1.29 is 22.7 Å². The maximum Gasteiger partial charge on any atom is 0.175 e. The topological polar surface area (TPSA) is 71.4 Å². The van der Waals surface area contributed by atoms with Crippen LogP contribution >= 0.6 is 0 Å². The largest absolute Gasteiger partial charge is 0.392 e. The second-order valence-electron chi connectivity index (χ2n) is 4.95. The molecule has 0 heterocycles. The summed E-state index contributed by atoms with van der Waals surface area (Å²) in [4.78, 5) is 11.3. The molecule has 23 heavy (non-hydrogen) atoms. The lowest BCUT2D eigenvalue weighted by Gasteiger charge is -2.12. The van der Waals surface area contributed by atoms with Crippen LogP contribution < -0.4 is 0 Å². The molecule has 0 saturated carbocycles. The molecule has 2 rings (SSSR count). The molecule has 0 unspecified atom stereocenters. The van der Waals surface area contributed by atoms with Crippen molar-refractivity contribution in [1.82, 2.24) is 0 Å². The number of carbonyl (C=O) groups is 1. The third-order valence-corrected chi connectivity index (χ3v) is 4.49. The van der Waals surface area contributed by atoms with E-state index in [1.807, 2.05) is 0 Å². The third-order valence-electron chi connectivity index (χ3n) is 3.38. The van der Waals surface area contributed by atoms with Gasteiger partial charge >= 0.3 is 0 Å². The summed E-state index contributed by atoms with van der Waals surface area (Å²) in [5.74, 6) is -0.813. The van der Waals surface area contributed by atoms with Crippen molar-refractivity contribution in [2.75, 3.05) is 12.9 Å². The van der Waals surface area contributed by atoms with E-state index in [9.17, 15) is 22.7 Å². The van der Waals surface area contributed by atoms with Crippen molar-refractivity contribution in [3.63, 3.8) is 0 Å². The smallest absolute Gasteiger partial charge is 0.175 e. The summed E-state index contributed by atoms with van der Waals surface area (Å²) < 4.78 is 37.2. The van der Waals surface area contributed by atoms with E-state index in [1.54, 1.807) is 30.3 Å². The van der Waals surface area contributed by atoms with Gasteiger partial charge in [-0.05, 0) is 23.3 Å². The Morgan fingerprint density at radius 3 is 2.30 bits per heavy atom. The molecule has 0 radical (unpaired) electrons. The number of hydrogen-bond donors (Lipinski definition) is 1. The predicted molar refractivity (Wildman–Crippen MR) is 85.9 cm³/mol. The molecular weight excluding hydrogens is 319 g/mol. The zero-order valence-corrected chi connectivity index (χ0v) is 13.2. The van der Waals surface area contributed by atoms with E-state index in [2.05, 4.69) is 0 Å². The first kappa shape index (κ1) is 17.1. The van der Waals surface area contributed by atoms with Crippen LogP contribution in [0.5, 0.6) is 0 Å². The van der Waals surface area contributed by atoms with Gasteiger partial charge in [0.1, 0.15) is 5.82 Å². The molecule has 0 atom stereocenters. The lowest BCUT2D eigenvalue weighted by atomic mass is 9.95. The molecule has 0 aliphatic rings. The van der Waals surface area contributed by atoms with Gasteiger partial charge in [0.2, 0.25) is 0 Å². The van der Waals surface area contributed by atoms with Crippen LogP contribution in [-0.2, 0) is 14.6 Å². The average molecular weight is 334 g/mol. The van der Waals surface area contributed by atoms with E-state index in [0.717, 1.165) is 12.3 Å². The molecule has 0 aromatic heterocycles. The van der Waals surface area contributed by atoms with Crippen molar-refractivity contribution in [3.8, 4) is 0 Å². The number of aliphatic hydroxyl groups excluding tert-OH is 1. The van der Waals surface area contributed by atoms with Crippen LogP contribution in [0.15, 0.2) is 53.4 Å². The van der Waals surface area contributed by atoms with E-state index in [1.165, 1.54) is 12.1 Å². The summed E-state index contributed by atoms with van der Waals surface area (Å²) in [5.41, 5.74) is 0.784. The van der Waals surface area contributed by atoms with Crippen molar-refractivity contribution in [2.24, 2.45) is 0 Å². The first-order chi connectivity index (χ1) is 10.9. The minimum atomic E-state index is -3.54. The highest BCUT2D eigenvalue weighted by atomic mass is 32.2. The Labute approximate surface area is 133 Å². The number of hydrogen-bond acceptors (Lipinski definition) is 4. The summed E-state index contributed by atoms with van der Waals surface area (Å²) in [5, 5.41) is 9.59. The Morgan fingerprint density at radius 1 is 1.17 bits per heavy atom. The van der Waals surface area contributed by atoms with E-state index < -0.39 is 22.3 Å². The molecular formula is C17H15FO4S. The van der Waals surface area contributed by atoms with Crippen LogP contribution in [0.3, 0.4) is 0 Å². The zero-order valence-electron chi connectivity index (χ0n) is 12.4. The molecule has 0 saturated heterocycles. The number of aldehydes is 1. The molecule has 2 aromatic rings. The zero-order chi connectivity index (χ0) is 17.0. The Morgan fingerprint density at radius 2 is 1.83 bits per heavy atom. The first-order valence-electron chi connectivity index (χ1n) is 6.73. The van der Waals surface area contributed by atoms with Crippen molar-refractivity contribution in [2.45, 2.75) is 4.90 Å². The van der Waals surface area contributed by atoms with Crippen LogP contribution in [0.2, 0.25) is 0 Å².